The summed E-state index contributed by atoms with van der Waals surface area (Å²) in [6.07, 6.45) is 6.68. The van der Waals surface area contributed by atoms with Gasteiger partial charge in [-0.25, -0.2) is 4.98 Å². The van der Waals surface area contributed by atoms with Crippen LogP contribution in [0.4, 0.5) is 0 Å². The average molecular weight is 136 g/mol. The summed E-state index contributed by atoms with van der Waals surface area (Å²) in [5.41, 5.74) is 0. The summed E-state index contributed by atoms with van der Waals surface area (Å²) >= 11 is 0. The number of nitrogens with one attached hydrogen (secondary N) is 1. The molecule has 0 aliphatic heterocycles. The zero-order valence-corrected chi connectivity index (χ0v) is 5.19. The molecule has 0 saturated heterocycles. The molecular formula is C6H6N3O+. The minimum absolute atomic E-state index is 0.685. The van der Waals surface area contributed by atoms with E-state index in [0.717, 1.165) is 0 Å². The molecule has 0 radical (unpaired) electrons. The minimum atomic E-state index is 0.685. The van der Waals surface area contributed by atoms with Gasteiger partial charge in [-0.2, -0.15) is 5.10 Å². The lowest BCUT2D eigenvalue weighted by molar-refractivity contribution is -0.667. The molecule has 0 aliphatic rings. The van der Waals surface area contributed by atoms with E-state index < -0.39 is 0 Å². The number of aromatic amines is 1. The third-order valence-electron chi connectivity index (χ3n) is 1.20. The Labute approximate surface area is 57.1 Å². The molecule has 0 saturated carbocycles. The summed E-state index contributed by atoms with van der Waals surface area (Å²) in [5, 5.41) is 2.92. The van der Waals surface area contributed by atoms with Crippen LogP contribution in [0.5, 0.6) is 0 Å². The number of aromatic nitrogens is 3. The van der Waals surface area contributed by atoms with Crippen LogP contribution in [0.2, 0.25) is 0 Å². The van der Waals surface area contributed by atoms with Crippen molar-refractivity contribution in [2.45, 2.75) is 0 Å². The quantitative estimate of drug-likeness (QED) is 0.572. The predicted molar refractivity (Wildman–Crippen MR) is 32.4 cm³/mol. The van der Waals surface area contributed by atoms with Gasteiger partial charge in [0.1, 0.15) is 6.20 Å². The van der Waals surface area contributed by atoms with Crippen molar-refractivity contribution >= 4 is 0 Å². The van der Waals surface area contributed by atoms with E-state index in [4.69, 9.17) is 4.42 Å². The van der Waals surface area contributed by atoms with E-state index in [1.165, 1.54) is 6.39 Å². The Kier molecular flexibility index (Phi) is 1.04. The first kappa shape index (κ1) is 5.22. The number of nitrogens with zero attached hydrogens (tertiary/aromatic N) is 2. The highest BCUT2D eigenvalue weighted by molar-refractivity contribution is 4.94. The van der Waals surface area contributed by atoms with Crippen molar-refractivity contribution < 1.29 is 9.10 Å². The van der Waals surface area contributed by atoms with Gasteiger partial charge in [0.05, 0.1) is 6.20 Å². The molecule has 50 valence electrons. The van der Waals surface area contributed by atoms with E-state index in [0.29, 0.717) is 5.88 Å². The fourth-order valence-corrected chi connectivity index (χ4v) is 0.761. The Hall–Kier alpha value is -1.58. The number of H-pyrrole nitrogens is 1. The summed E-state index contributed by atoms with van der Waals surface area (Å²) in [4.78, 5) is 3.77. The molecule has 0 bridgehead atoms. The highest BCUT2D eigenvalue weighted by Crippen LogP contribution is 1.92. The monoisotopic (exact) mass is 136 g/mol. The minimum Gasteiger partial charge on any atom is -0.390 e. The van der Waals surface area contributed by atoms with Crippen molar-refractivity contribution in [3.05, 3.63) is 31.1 Å². The Morgan fingerprint density at radius 2 is 2.60 bits per heavy atom. The molecular weight excluding hydrogens is 130 g/mol. The molecule has 2 aromatic rings. The standard InChI is InChI=1S/C6H5N3O/c1-2-8-9(3-1)6-4-7-5-10-6/h1-5H/p+1. The summed E-state index contributed by atoms with van der Waals surface area (Å²) in [6, 6.07) is 1.88. The van der Waals surface area contributed by atoms with Crippen LogP contribution in [0.1, 0.15) is 0 Å². The Bertz CT molecular complexity index is 252. The van der Waals surface area contributed by atoms with E-state index in [1.807, 2.05) is 18.5 Å². The van der Waals surface area contributed by atoms with Crippen molar-refractivity contribution in [3.63, 3.8) is 0 Å². The molecule has 10 heavy (non-hydrogen) atoms. The maximum Gasteiger partial charge on any atom is 0.422 e. The van der Waals surface area contributed by atoms with Crippen molar-refractivity contribution in [1.29, 1.82) is 0 Å². The van der Waals surface area contributed by atoms with Gasteiger partial charge < -0.3 is 4.42 Å². The van der Waals surface area contributed by atoms with Crippen molar-refractivity contribution in [2.75, 3.05) is 0 Å². The van der Waals surface area contributed by atoms with Crippen LogP contribution in [0.3, 0.4) is 0 Å². The molecule has 4 heteroatoms. The van der Waals surface area contributed by atoms with Gasteiger partial charge in [-0.05, 0) is 4.68 Å². The van der Waals surface area contributed by atoms with Gasteiger partial charge >= 0.3 is 5.88 Å². The largest absolute Gasteiger partial charge is 0.422 e. The maximum atomic E-state index is 5.00. The first-order chi connectivity index (χ1) is 4.97. The van der Waals surface area contributed by atoms with E-state index >= 15 is 0 Å². The van der Waals surface area contributed by atoms with E-state index in [1.54, 1.807) is 10.9 Å². The normalized spacial score (nSPS) is 10.0. The zero-order valence-electron chi connectivity index (χ0n) is 5.19. The lowest BCUT2D eigenvalue weighted by Gasteiger charge is -1.77. The lowest BCUT2D eigenvalue weighted by atomic mass is 10.7. The molecule has 2 aromatic heterocycles. The molecule has 1 N–H and O–H groups in total. The highest BCUT2D eigenvalue weighted by Gasteiger charge is 2.07. The second-order valence-electron chi connectivity index (χ2n) is 1.85. The summed E-state index contributed by atoms with van der Waals surface area (Å²) in [6.45, 7) is 0. The topological polar surface area (TPSA) is 45.7 Å². The molecule has 0 aliphatic carbocycles. The van der Waals surface area contributed by atoms with Crippen LogP contribution >= 0.6 is 0 Å². The third kappa shape index (κ3) is 0.699. The third-order valence-corrected chi connectivity index (χ3v) is 1.20. The second-order valence-corrected chi connectivity index (χ2v) is 1.85. The van der Waals surface area contributed by atoms with Gasteiger partial charge in [-0.1, -0.05) is 0 Å². The van der Waals surface area contributed by atoms with Crippen LogP contribution in [0.15, 0.2) is 35.5 Å². The zero-order chi connectivity index (χ0) is 6.81. The van der Waals surface area contributed by atoms with Gasteiger partial charge in [0.25, 0.3) is 0 Å². The van der Waals surface area contributed by atoms with Crippen LogP contribution in [0.25, 0.3) is 5.88 Å². The summed E-state index contributed by atoms with van der Waals surface area (Å²) in [5.74, 6) is 0.685. The smallest absolute Gasteiger partial charge is 0.390 e. The van der Waals surface area contributed by atoms with Crippen LogP contribution in [-0.4, -0.2) is 10.1 Å². The van der Waals surface area contributed by atoms with Gasteiger partial charge in [-0.3, -0.25) is 0 Å². The molecule has 0 unspecified atom stereocenters. The molecule has 4 nitrogen and oxygen atoms in total. The molecule has 0 spiro atoms. The molecule has 2 heterocycles. The van der Waals surface area contributed by atoms with Crippen molar-refractivity contribution in [1.82, 2.24) is 10.1 Å². The number of oxazole rings is 1. The molecule has 0 fully saturated rings. The fourth-order valence-electron chi connectivity index (χ4n) is 0.761. The molecule has 0 amide bonds. The van der Waals surface area contributed by atoms with Gasteiger partial charge in [0.2, 0.25) is 6.20 Å². The van der Waals surface area contributed by atoms with Gasteiger partial charge in [0, 0.05) is 6.07 Å². The summed E-state index contributed by atoms with van der Waals surface area (Å²) in [7, 11) is 0. The van der Waals surface area contributed by atoms with Crippen LogP contribution < -0.4 is 4.68 Å². The van der Waals surface area contributed by atoms with Crippen LogP contribution in [-0.2, 0) is 0 Å². The Morgan fingerprint density at radius 1 is 1.60 bits per heavy atom. The van der Waals surface area contributed by atoms with Gasteiger partial charge in [-0.15, -0.1) is 0 Å². The van der Waals surface area contributed by atoms with E-state index in [2.05, 4.69) is 10.1 Å². The Balaban J connectivity index is 2.48. The first-order valence-electron chi connectivity index (χ1n) is 2.91. The van der Waals surface area contributed by atoms with Crippen molar-refractivity contribution in [2.24, 2.45) is 0 Å². The fraction of sp³-hybridized carbons (Fsp3) is 0. The average Bonchev–Trinajstić information content (AvgIpc) is 2.59. The van der Waals surface area contributed by atoms with Crippen LogP contribution in [0, 0.1) is 0 Å². The molecule has 0 atom stereocenters. The lowest BCUT2D eigenvalue weighted by Crippen LogP contribution is -2.30. The summed E-state index contributed by atoms with van der Waals surface area (Å²) < 4.78 is 6.73. The Morgan fingerprint density at radius 3 is 3.20 bits per heavy atom. The highest BCUT2D eigenvalue weighted by atomic mass is 16.4. The van der Waals surface area contributed by atoms with E-state index in [-0.39, 0.29) is 0 Å². The molecule has 0 aromatic carbocycles. The van der Waals surface area contributed by atoms with E-state index in [9.17, 15) is 0 Å². The maximum absolute atomic E-state index is 5.00. The second kappa shape index (κ2) is 1.98. The predicted octanol–water partition coefficient (Wildman–Crippen LogP) is 0.279. The number of rotatable bonds is 1. The SMILES string of the molecule is c1c[nH][n+](-c2cnco2)c1. The van der Waals surface area contributed by atoms with Gasteiger partial charge in [0.15, 0.2) is 6.39 Å². The number of hydrogen-bond acceptors (Lipinski definition) is 2. The first-order valence-corrected chi connectivity index (χ1v) is 2.91. The van der Waals surface area contributed by atoms with Crippen molar-refractivity contribution in [3.8, 4) is 5.88 Å². The molecule has 2 rings (SSSR count). The number of hydrogen-bond donors (Lipinski definition) is 1.